The van der Waals surface area contributed by atoms with Gasteiger partial charge in [-0.05, 0) is 26.0 Å². The van der Waals surface area contributed by atoms with Crippen LogP contribution in [0.4, 0.5) is 0 Å². The first-order chi connectivity index (χ1) is 11.3. The summed E-state index contributed by atoms with van der Waals surface area (Å²) in [6.07, 6.45) is 0. The molecule has 2 rings (SSSR count). The van der Waals surface area contributed by atoms with E-state index in [1.807, 2.05) is 12.1 Å². The molecule has 0 atom stereocenters. The van der Waals surface area contributed by atoms with E-state index in [1.165, 1.54) is 6.92 Å². The van der Waals surface area contributed by atoms with Crippen molar-refractivity contribution < 1.29 is 14.2 Å². The zero-order chi connectivity index (χ0) is 17.7. The van der Waals surface area contributed by atoms with E-state index in [1.54, 1.807) is 32.0 Å². The molecule has 7 nitrogen and oxygen atoms in total. The van der Waals surface area contributed by atoms with E-state index < -0.39 is 5.54 Å². The van der Waals surface area contributed by atoms with Gasteiger partial charge in [-0.2, -0.15) is 0 Å². The normalized spacial score (nSPS) is 12.1. The van der Waals surface area contributed by atoms with Gasteiger partial charge >= 0.3 is 0 Å². The van der Waals surface area contributed by atoms with Crippen molar-refractivity contribution in [3.8, 4) is 11.3 Å². The van der Waals surface area contributed by atoms with E-state index in [-0.39, 0.29) is 18.3 Å². The molecule has 2 aromatic rings. The summed E-state index contributed by atoms with van der Waals surface area (Å²) in [5.41, 5.74) is 6.57. The van der Waals surface area contributed by atoms with Crippen LogP contribution in [0.15, 0.2) is 40.0 Å². The van der Waals surface area contributed by atoms with Gasteiger partial charge in [0.25, 0.3) is 0 Å². The second-order valence-corrected chi connectivity index (χ2v) is 6.18. The lowest BCUT2D eigenvalue weighted by Crippen LogP contribution is -2.52. The maximum absolute atomic E-state index is 11.1. The van der Waals surface area contributed by atoms with E-state index in [0.717, 1.165) is 5.56 Å². The minimum Gasteiger partial charge on any atom is -0.386 e. The molecule has 0 bridgehead atoms. The van der Waals surface area contributed by atoms with Crippen molar-refractivity contribution in [3.05, 3.63) is 41.1 Å². The van der Waals surface area contributed by atoms with E-state index >= 15 is 0 Å². The van der Waals surface area contributed by atoms with Gasteiger partial charge in [-0.25, -0.2) is 0 Å². The summed E-state index contributed by atoms with van der Waals surface area (Å²) in [5, 5.41) is 11.1. The molecule has 0 fully saturated rings. The summed E-state index contributed by atoms with van der Waals surface area (Å²) < 4.78 is 5.19. The van der Waals surface area contributed by atoms with Crippen LogP contribution < -0.4 is 11.1 Å². The molecule has 1 aromatic heterocycles. The number of benzene rings is 1. The van der Waals surface area contributed by atoms with E-state index in [2.05, 4.69) is 15.6 Å². The lowest BCUT2D eigenvalue weighted by Gasteiger charge is -2.23. The number of carbonyl (C=O) groups excluding carboxylic acids is 1. The summed E-state index contributed by atoms with van der Waals surface area (Å²) in [7, 11) is 0. The zero-order valence-electron chi connectivity index (χ0n) is 13.7. The van der Waals surface area contributed by atoms with Crippen LogP contribution in [0, 0.1) is 0 Å². The molecule has 3 N–H and O–H groups in total. The molecule has 1 amide bonds. The molecule has 0 unspecified atom stereocenters. The molecule has 0 saturated heterocycles. The maximum atomic E-state index is 11.1. The highest BCUT2D eigenvalue weighted by Gasteiger charge is 2.24. The van der Waals surface area contributed by atoms with Crippen molar-refractivity contribution >= 4 is 23.3 Å². The third kappa shape index (κ3) is 4.73. The highest BCUT2D eigenvalue weighted by atomic mass is 35.5. The Morgan fingerprint density at radius 2 is 2.08 bits per heavy atom. The quantitative estimate of drug-likeness (QED) is 0.473. The Kier molecular flexibility index (Phi) is 5.46. The predicted octanol–water partition coefficient (Wildman–Crippen LogP) is 2.70. The molecule has 24 heavy (non-hydrogen) atoms. The first kappa shape index (κ1) is 17.8. The number of amides is 1. The van der Waals surface area contributed by atoms with Crippen molar-refractivity contribution in [3.63, 3.8) is 0 Å². The first-order valence-corrected chi connectivity index (χ1v) is 7.62. The van der Waals surface area contributed by atoms with E-state index in [0.29, 0.717) is 16.5 Å². The Labute approximate surface area is 144 Å². The highest BCUT2D eigenvalue weighted by Crippen LogP contribution is 2.21. The van der Waals surface area contributed by atoms with Crippen LogP contribution >= 0.6 is 11.6 Å². The molecular weight excluding hydrogens is 332 g/mol. The van der Waals surface area contributed by atoms with Crippen LogP contribution in [0.5, 0.6) is 0 Å². The van der Waals surface area contributed by atoms with Crippen molar-refractivity contribution in [2.45, 2.75) is 32.9 Å². The number of carbonyl (C=O) groups is 1. The Hall–Kier alpha value is -2.54. The van der Waals surface area contributed by atoms with Crippen LogP contribution in [0.1, 0.15) is 26.5 Å². The Balaban J connectivity index is 1.97. The number of oxime groups is 1. The number of amidine groups is 1. The second-order valence-electron chi connectivity index (χ2n) is 5.74. The average molecular weight is 351 g/mol. The first-order valence-electron chi connectivity index (χ1n) is 7.24. The molecule has 0 aliphatic rings. The fraction of sp³-hybridized carbons (Fsp3) is 0.312. The second kappa shape index (κ2) is 7.35. The van der Waals surface area contributed by atoms with Crippen LogP contribution in [-0.4, -0.2) is 22.4 Å². The van der Waals surface area contributed by atoms with E-state index in [9.17, 15) is 4.79 Å². The van der Waals surface area contributed by atoms with E-state index in [4.69, 9.17) is 26.7 Å². The molecule has 0 saturated carbocycles. The summed E-state index contributed by atoms with van der Waals surface area (Å²) >= 11 is 5.85. The molecule has 0 radical (unpaired) electrons. The van der Waals surface area contributed by atoms with Gasteiger partial charge in [0.15, 0.2) is 18.2 Å². The van der Waals surface area contributed by atoms with Crippen LogP contribution in [0.3, 0.4) is 0 Å². The zero-order valence-corrected chi connectivity index (χ0v) is 14.4. The average Bonchev–Trinajstić information content (AvgIpc) is 2.95. The third-order valence-electron chi connectivity index (χ3n) is 3.20. The number of halogens is 1. The molecular formula is C16H19ClN4O3. The van der Waals surface area contributed by atoms with Crippen LogP contribution in [-0.2, 0) is 16.2 Å². The maximum Gasteiger partial charge on any atom is 0.217 e. The monoisotopic (exact) mass is 350 g/mol. The smallest absolute Gasteiger partial charge is 0.217 e. The molecule has 0 aliphatic carbocycles. The van der Waals surface area contributed by atoms with Crippen molar-refractivity contribution in [1.29, 1.82) is 0 Å². The Bertz CT molecular complexity index is 738. The summed E-state index contributed by atoms with van der Waals surface area (Å²) in [6.45, 7) is 4.92. The van der Waals surface area contributed by atoms with Crippen molar-refractivity contribution in [1.82, 2.24) is 10.5 Å². The largest absolute Gasteiger partial charge is 0.386 e. The number of nitrogens with one attached hydrogen (secondary N) is 1. The molecule has 128 valence electrons. The van der Waals surface area contributed by atoms with Crippen molar-refractivity contribution in [2.75, 3.05) is 0 Å². The van der Waals surface area contributed by atoms with Gasteiger partial charge in [-0.3, -0.25) is 4.79 Å². The number of hydrogen-bond acceptors (Lipinski definition) is 5. The lowest BCUT2D eigenvalue weighted by atomic mass is 10.0. The number of nitrogens with zero attached hydrogens (tertiary/aromatic N) is 2. The molecule has 8 heteroatoms. The Morgan fingerprint density at radius 3 is 2.71 bits per heavy atom. The van der Waals surface area contributed by atoms with Crippen LogP contribution in [0.2, 0.25) is 5.02 Å². The SMILES string of the molecule is CC(=O)NC(C)(C)/C(N)=N\OCc1cc(-c2ccc(Cl)cc2)no1. The van der Waals surface area contributed by atoms with Gasteiger partial charge in [0, 0.05) is 23.6 Å². The number of rotatable bonds is 6. The van der Waals surface area contributed by atoms with Gasteiger partial charge in [-0.1, -0.05) is 34.0 Å². The van der Waals surface area contributed by atoms with Gasteiger partial charge in [-0.15, -0.1) is 0 Å². The highest BCUT2D eigenvalue weighted by molar-refractivity contribution is 6.30. The standard InChI is InChI=1S/C16H19ClN4O3/c1-10(22)19-16(2,3)15(18)21-23-9-13-8-14(20-24-13)11-4-6-12(17)7-5-11/h4-8H,9H2,1-3H3,(H2,18,21)(H,19,22). The van der Waals surface area contributed by atoms with Gasteiger partial charge in [0.2, 0.25) is 5.91 Å². The summed E-state index contributed by atoms with van der Waals surface area (Å²) in [5.74, 6) is 0.435. The Morgan fingerprint density at radius 1 is 1.42 bits per heavy atom. The topological polar surface area (TPSA) is 103 Å². The molecule has 1 aromatic carbocycles. The number of nitrogens with two attached hydrogens (primary N) is 1. The third-order valence-corrected chi connectivity index (χ3v) is 3.45. The molecule has 1 heterocycles. The molecule has 0 spiro atoms. The van der Waals surface area contributed by atoms with Gasteiger partial charge in [0.05, 0.1) is 5.54 Å². The number of aromatic nitrogens is 1. The van der Waals surface area contributed by atoms with Gasteiger partial charge < -0.3 is 20.4 Å². The predicted molar refractivity (Wildman–Crippen MR) is 91.3 cm³/mol. The minimum atomic E-state index is -0.804. The van der Waals surface area contributed by atoms with Crippen molar-refractivity contribution in [2.24, 2.45) is 10.9 Å². The summed E-state index contributed by atoms with van der Waals surface area (Å²) in [4.78, 5) is 16.3. The number of hydrogen-bond donors (Lipinski definition) is 2. The fourth-order valence-electron chi connectivity index (χ4n) is 1.92. The molecule has 0 aliphatic heterocycles. The fourth-order valence-corrected chi connectivity index (χ4v) is 2.05. The minimum absolute atomic E-state index is 0.0669. The van der Waals surface area contributed by atoms with Crippen LogP contribution in [0.25, 0.3) is 11.3 Å². The van der Waals surface area contributed by atoms with Gasteiger partial charge in [0.1, 0.15) is 5.69 Å². The lowest BCUT2D eigenvalue weighted by molar-refractivity contribution is -0.119. The summed E-state index contributed by atoms with van der Waals surface area (Å²) in [6, 6.07) is 8.98.